The molecule has 0 amide bonds. The molecule has 1 rings (SSSR count). The molecule has 0 saturated carbocycles. The minimum absolute atomic E-state index is 0.0700. The van der Waals surface area contributed by atoms with Crippen molar-refractivity contribution in [2.45, 2.75) is 13.8 Å². The van der Waals surface area contributed by atoms with Gasteiger partial charge in [-0.25, -0.2) is 0 Å². The Morgan fingerprint density at radius 1 is 1.27 bits per heavy atom. The van der Waals surface area contributed by atoms with Gasteiger partial charge < -0.3 is 0 Å². The van der Waals surface area contributed by atoms with Gasteiger partial charge >= 0.3 is 0 Å². The molecule has 78 valence electrons. The van der Waals surface area contributed by atoms with Crippen LogP contribution in [0.2, 0.25) is 0 Å². The Hall–Kier alpha value is -1.15. The van der Waals surface area contributed by atoms with E-state index in [1.165, 1.54) is 0 Å². The van der Waals surface area contributed by atoms with E-state index in [1.807, 2.05) is 56.3 Å². The molecule has 0 atom stereocenters. The van der Waals surface area contributed by atoms with Crippen LogP contribution in [0.4, 0.5) is 0 Å². The Labute approximate surface area is 98.6 Å². The van der Waals surface area contributed by atoms with E-state index in [0.29, 0.717) is 0 Å². The van der Waals surface area contributed by atoms with Crippen LogP contribution >= 0.6 is 15.9 Å². The molecule has 0 aliphatic rings. The van der Waals surface area contributed by atoms with Crippen LogP contribution in [0.3, 0.4) is 0 Å². The van der Waals surface area contributed by atoms with Gasteiger partial charge in [0.15, 0.2) is 5.78 Å². The van der Waals surface area contributed by atoms with Crippen molar-refractivity contribution in [1.29, 1.82) is 0 Å². The average molecular weight is 265 g/mol. The molecule has 0 heterocycles. The number of carbonyl (C=O) groups is 1. The molecule has 0 bridgehead atoms. The van der Waals surface area contributed by atoms with Crippen LogP contribution < -0.4 is 0 Å². The van der Waals surface area contributed by atoms with Gasteiger partial charge in [0.1, 0.15) is 0 Å². The number of allylic oxidation sites excluding steroid dienone is 4. The average Bonchev–Trinajstić information content (AvgIpc) is 2.26. The van der Waals surface area contributed by atoms with Gasteiger partial charge in [0.05, 0.1) is 0 Å². The predicted molar refractivity (Wildman–Crippen MR) is 67.0 cm³/mol. The molecule has 0 fully saturated rings. The number of carbonyl (C=O) groups excluding carboxylic acids is 1. The first kappa shape index (κ1) is 11.9. The minimum atomic E-state index is 0.0700. The Kier molecular flexibility index (Phi) is 4.50. The van der Waals surface area contributed by atoms with Crippen LogP contribution in [-0.2, 0) is 0 Å². The van der Waals surface area contributed by atoms with Crippen molar-refractivity contribution in [2.24, 2.45) is 0 Å². The van der Waals surface area contributed by atoms with Gasteiger partial charge in [0.2, 0.25) is 0 Å². The summed E-state index contributed by atoms with van der Waals surface area (Å²) < 4.78 is 0.981. The van der Waals surface area contributed by atoms with Gasteiger partial charge in [-0.3, -0.25) is 4.79 Å². The number of hydrogen-bond acceptors (Lipinski definition) is 1. The van der Waals surface area contributed by atoms with Gasteiger partial charge in [-0.2, -0.15) is 0 Å². The molecule has 1 aromatic carbocycles. The molecular weight excluding hydrogens is 252 g/mol. The summed E-state index contributed by atoms with van der Waals surface area (Å²) in [6, 6.07) is 7.38. The maximum Gasteiger partial charge on any atom is 0.188 e. The minimum Gasteiger partial charge on any atom is -0.289 e. The molecule has 0 radical (unpaired) electrons. The standard InChI is InChI=1S/C13H13BrO/c1-3-4-5-10(2)13(15)11-6-8-12(14)9-7-11/h3-9H,1-2H3/b4-3-,10-5+. The molecular formula is C13H13BrO. The summed E-state index contributed by atoms with van der Waals surface area (Å²) in [6.45, 7) is 3.75. The van der Waals surface area contributed by atoms with Crippen molar-refractivity contribution in [3.63, 3.8) is 0 Å². The lowest BCUT2D eigenvalue weighted by Crippen LogP contribution is -1.99. The molecule has 0 aliphatic heterocycles. The number of ketones is 1. The summed E-state index contributed by atoms with van der Waals surface area (Å²) in [5, 5.41) is 0. The largest absolute Gasteiger partial charge is 0.289 e. The summed E-state index contributed by atoms with van der Waals surface area (Å²) in [4.78, 5) is 11.8. The van der Waals surface area contributed by atoms with Gasteiger partial charge in [-0.1, -0.05) is 34.2 Å². The second-order valence-electron chi connectivity index (χ2n) is 3.21. The van der Waals surface area contributed by atoms with Gasteiger partial charge in [0.25, 0.3) is 0 Å². The third kappa shape index (κ3) is 3.48. The highest BCUT2D eigenvalue weighted by atomic mass is 79.9. The van der Waals surface area contributed by atoms with Crippen molar-refractivity contribution >= 4 is 21.7 Å². The first-order chi connectivity index (χ1) is 7.15. The summed E-state index contributed by atoms with van der Waals surface area (Å²) in [7, 11) is 0. The van der Waals surface area contributed by atoms with Crippen LogP contribution in [0.25, 0.3) is 0 Å². The fourth-order valence-corrected chi connectivity index (χ4v) is 1.41. The maximum absolute atomic E-state index is 11.8. The van der Waals surface area contributed by atoms with E-state index in [1.54, 1.807) is 0 Å². The summed E-state index contributed by atoms with van der Waals surface area (Å²) in [5.41, 5.74) is 1.46. The van der Waals surface area contributed by atoms with Crippen LogP contribution in [-0.4, -0.2) is 5.78 Å². The Morgan fingerprint density at radius 2 is 1.87 bits per heavy atom. The third-order valence-electron chi connectivity index (χ3n) is 2.00. The highest BCUT2D eigenvalue weighted by molar-refractivity contribution is 9.10. The topological polar surface area (TPSA) is 17.1 Å². The molecule has 0 aromatic heterocycles. The Bertz CT molecular complexity index is 399. The van der Waals surface area contributed by atoms with E-state index in [2.05, 4.69) is 15.9 Å². The van der Waals surface area contributed by atoms with E-state index in [0.717, 1.165) is 15.6 Å². The quantitative estimate of drug-likeness (QED) is 0.455. The van der Waals surface area contributed by atoms with E-state index >= 15 is 0 Å². The first-order valence-corrected chi connectivity index (χ1v) is 5.54. The molecule has 0 aliphatic carbocycles. The lowest BCUT2D eigenvalue weighted by Gasteiger charge is -2.00. The van der Waals surface area contributed by atoms with Crippen molar-refractivity contribution in [1.82, 2.24) is 0 Å². The maximum atomic E-state index is 11.8. The van der Waals surface area contributed by atoms with Crippen LogP contribution in [0.1, 0.15) is 24.2 Å². The van der Waals surface area contributed by atoms with Gasteiger partial charge in [0, 0.05) is 10.0 Å². The molecule has 0 unspecified atom stereocenters. The predicted octanol–water partition coefficient (Wildman–Crippen LogP) is 4.15. The van der Waals surface area contributed by atoms with Crippen LogP contribution in [0.15, 0.2) is 52.5 Å². The number of Topliss-reactive ketones (excluding diaryl/α,β-unsaturated/α-hetero) is 1. The van der Waals surface area contributed by atoms with Crippen LogP contribution in [0.5, 0.6) is 0 Å². The second kappa shape index (κ2) is 5.66. The molecule has 0 saturated heterocycles. The highest BCUT2D eigenvalue weighted by Crippen LogP contribution is 2.13. The first-order valence-electron chi connectivity index (χ1n) is 4.75. The summed E-state index contributed by atoms with van der Waals surface area (Å²) in [5.74, 6) is 0.0700. The molecule has 0 N–H and O–H groups in total. The van der Waals surface area contributed by atoms with E-state index < -0.39 is 0 Å². The number of rotatable bonds is 3. The fraction of sp³-hybridized carbons (Fsp3) is 0.154. The van der Waals surface area contributed by atoms with Crippen molar-refractivity contribution in [3.8, 4) is 0 Å². The fourth-order valence-electron chi connectivity index (χ4n) is 1.15. The van der Waals surface area contributed by atoms with Crippen molar-refractivity contribution in [3.05, 3.63) is 58.1 Å². The van der Waals surface area contributed by atoms with Gasteiger partial charge in [-0.15, -0.1) is 0 Å². The monoisotopic (exact) mass is 264 g/mol. The van der Waals surface area contributed by atoms with E-state index in [4.69, 9.17) is 0 Å². The zero-order chi connectivity index (χ0) is 11.3. The molecule has 15 heavy (non-hydrogen) atoms. The second-order valence-corrected chi connectivity index (χ2v) is 4.13. The van der Waals surface area contributed by atoms with Crippen LogP contribution in [0, 0.1) is 0 Å². The van der Waals surface area contributed by atoms with E-state index in [9.17, 15) is 4.79 Å². The smallest absolute Gasteiger partial charge is 0.188 e. The number of benzene rings is 1. The zero-order valence-corrected chi connectivity index (χ0v) is 10.4. The van der Waals surface area contributed by atoms with Gasteiger partial charge in [-0.05, 0) is 43.7 Å². The normalized spacial score (nSPS) is 12.1. The Morgan fingerprint density at radius 3 is 2.40 bits per heavy atom. The number of hydrogen-bond donors (Lipinski definition) is 0. The molecule has 0 spiro atoms. The lowest BCUT2D eigenvalue weighted by atomic mass is 10.0. The highest BCUT2D eigenvalue weighted by Gasteiger charge is 2.06. The SMILES string of the molecule is C/C=C\C=C(/C)C(=O)c1ccc(Br)cc1. The molecule has 1 aromatic rings. The Balaban J connectivity index is 2.90. The molecule has 1 nitrogen and oxygen atoms in total. The molecule has 2 heteroatoms. The van der Waals surface area contributed by atoms with E-state index in [-0.39, 0.29) is 5.78 Å². The van der Waals surface area contributed by atoms with Crippen molar-refractivity contribution in [2.75, 3.05) is 0 Å². The summed E-state index contributed by atoms with van der Waals surface area (Å²) in [6.07, 6.45) is 5.59. The van der Waals surface area contributed by atoms with Crippen molar-refractivity contribution < 1.29 is 4.79 Å². The summed E-state index contributed by atoms with van der Waals surface area (Å²) >= 11 is 3.34. The zero-order valence-electron chi connectivity index (χ0n) is 8.83. The lowest BCUT2D eigenvalue weighted by molar-refractivity contribution is 0.103. The third-order valence-corrected chi connectivity index (χ3v) is 2.53. The number of halogens is 1.